The van der Waals surface area contributed by atoms with E-state index in [0.29, 0.717) is 6.04 Å². The summed E-state index contributed by atoms with van der Waals surface area (Å²) in [5.41, 5.74) is 1.15. The van der Waals surface area contributed by atoms with E-state index in [0.717, 1.165) is 37.1 Å². The number of hydrogen-bond donors (Lipinski definition) is 2. The zero-order chi connectivity index (χ0) is 17.5. The van der Waals surface area contributed by atoms with E-state index in [2.05, 4.69) is 53.2 Å². The minimum atomic E-state index is 0. The van der Waals surface area contributed by atoms with Crippen molar-refractivity contribution < 1.29 is 0 Å². The van der Waals surface area contributed by atoms with Crippen LogP contribution in [0.4, 0.5) is 0 Å². The van der Waals surface area contributed by atoms with Gasteiger partial charge in [0.25, 0.3) is 0 Å². The maximum atomic E-state index is 4.59. The average molecular weight is 479 g/mol. The van der Waals surface area contributed by atoms with Crippen molar-refractivity contribution in [3.63, 3.8) is 0 Å². The van der Waals surface area contributed by atoms with E-state index in [-0.39, 0.29) is 24.0 Å². The molecule has 0 amide bonds. The number of likely N-dealkylation sites (tertiary alicyclic amines) is 1. The third-order valence-electron chi connectivity index (χ3n) is 4.80. The summed E-state index contributed by atoms with van der Waals surface area (Å²) in [4.78, 5) is 12.8. The van der Waals surface area contributed by atoms with Gasteiger partial charge in [-0.05, 0) is 46.1 Å². The Hall–Kier alpha value is -0.410. The molecule has 2 rings (SSSR count). The lowest BCUT2D eigenvalue weighted by Crippen LogP contribution is -2.48. The van der Waals surface area contributed by atoms with Crippen molar-refractivity contribution in [1.82, 2.24) is 20.5 Å². The molecule has 2 heterocycles. The molecule has 25 heavy (non-hydrogen) atoms. The SMILES string of the molecule is CN=C(NCCc1nc(C)c(C)s1)NCC(C)N1CCCC(C)C1.I. The van der Waals surface area contributed by atoms with E-state index in [1.165, 1.54) is 35.8 Å². The molecule has 0 saturated carbocycles. The van der Waals surface area contributed by atoms with Crippen LogP contribution < -0.4 is 10.6 Å². The molecular formula is C18H34IN5S. The topological polar surface area (TPSA) is 52.6 Å². The van der Waals surface area contributed by atoms with E-state index >= 15 is 0 Å². The zero-order valence-electron chi connectivity index (χ0n) is 16.3. The molecule has 7 heteroatoms. The van der Waals surface area contributed by atoms with Gasteiger partial charge in [0.15, 0.2) is 5.96 Å². The summed E-state index contributed by atoms with van der Waals surface area (Å²) in [5.74, 6) is 1.71. The van der Waals surface area contributed by atoms with Gasteiger partial charge in [0, 0.05) is 44.0 Å². The molecule has 2 N–H and O–H groups in total. The molecule has 1 aliphatic heterocycles. The fourth-order valence-corrected chi connectivity index (χ4v) is 4.09. The highest BCUT2D eigenvalue weighted by molar-refractivity contribution is 14.0. The number of halogens is 1. The molecule has 0 radical (unpaired) electrons. The molecule has 2 atom stereocenters. The average Bonchev–Trinajstić information content (AvgIpc) is 2.88. The van der Waals surface area contributed by atoms with E-state index in [4.69, 9.17) is 0 Å². The van der Waals surface area contributed by atoms with Crippen molar-refractivity contribution in [2.75, 3.05) is 33.2 Å². The number of rotatable bonds is 6. The largest absolute Gasteiger partial charge is 0.356 e. The van der Waals surface area contributed by atoms with Crippen LogP contribution in [0, 0.1) is 19.8 Å². The van der Waals surface area contributed by atoms with Crippen molar-refractivity contribution in [2.45, 2.75) is 53.0 Å². The van der Waals surface area contributed by atoms with E-state index < -0.39 is 0 Å². The highest BCUT2D eigenvalue weighted by Gasteiger charge is 2.20. The van der Waals surface area contributed by atoms with Crippen LogP contribution in [0.2, 0.25) is 0 Å². The number of hydrogen-bond acceptors (Lipinski definition) is 4. The first-order valence-corrected chi connectivity index (χ1v) is 9.92. The van der Waals surface area contributed by atoms with Crippen LogP contribution in [0.15, 0.2) is 4.99 Å². The lowest BCUT2D eigenvalue weighted by molar-refractivity contribution is 0.139. The first-order valence-electron chi connectivity index (χ1n) is 9.11. The number of piperidine rings is 1. The summed E-state index contributed by atoms with van der Waals surface area (Å²) in [7, 11) is 1.83. The van der Waals surface area contributed by atoms with Gasteiger partial charge in [-0.1, -0.05) is 6.92 Å². The lowest BCUT2D eigenvalue weighted by Gasteiger charge is -2.35. The Bertz CT molecular complexity index is 526. The molecule has 5 nitrogen and oxygen atoms in total. The summed E-state index contributed by atoms with van der Waals surface area (Å²) >= 11 is 1.79. The van der Waals surface area contributed by atoms with Gasteiger partial charge in [-0.15, -0.1) is 35.3 Å². The van der Waals surface area contributed by atoms with E-state index in [1.54, 1.807) is 11.3 Å². The molecule has 1 fully saturated rings. The lowest BCUT2D eigenvalue weighted by atomic mass is 9.99. The molecule has 2 unspecified atom stereocenters. The summed E-state index contributed by atoms with van der Waals surface area (Å²) in [6.45, 7) is 13.1. The second-order valence-corrected chi connectivity index (χ2v) is 8.26. The Morgan fingerprint density at radius 2 is 2.16 bits per heavy atom. The maximum Gasteiger partial charge on any atom is 0.191 e. The summed E-state index contributed by atoms with van der Waals surface area (Å²) < 4.78 is 0. The van der Waals surface area contributed by atoms with Crippen molar-refractivity contribution in [3.05, 3.63) is 15.6 Å². The maximum absolute atomic E-state index is 4.59. The first kappa shape index (κ1) is 22.6. The third-order valence-corrected chi connectivity index (χ3v) is 5.94. The van der Waals surface area contributed by atoms with Crippen molar-refractivity contribution in [1.29, 1.82) is 0 Å². The molecule has 1 aliphatic rings. The van der Waals surface area contributed by atoms with Crippen LogP contribution in [0.25, 0.3) is 0 Å². The highest BCUT2D eigenvalue weighted by atomic mass is 127. The van der Waals surface area contributed by atoms with Gasteiger partial charge in [0.2, 0.25) is 0 Å². The van der Waals surface area contributed by atoms with Gasteiger partial charge in [-0.3, -0.25) is 9.89 Å². The molecule has 1 aromatic rings. The number of guanidine groups is 1. The minimum Gasteiger partial charge on any atom is -0.356 e. The van der Waals surface area contributed by atoms with Crippen LogP contribution in [0.1, 0.15) is 42.3 Å². The normalized spacial score (nSPS) is 20.0. The molecular weight excluding hydrogens is 445 g/mol. The van der Waals surface area contributed by atoms with Crippen molar-refractivity contribution in [2.24, 2.45) is 10.9 Å². The fraction of sp³-hybridized carbons (Fsp3) is 0.778. The summed E-state index contributed by atoms with van der Waals surface area (Å²) in [5, 5.41) is 8.06. The van der Waals surface area contributed by atoms with Crippen LogP contribution in [0.3, 0.4) is 0 Å². The number of aromatic nitrogens is 1. The second-order valence-electron chi connectivity index (χ2n) is 6.97. The second kappa shape index (κ2) is 11.3. The smallest absolute Gasteiger partial charge is 0.191 e. The van der Waals surface area contributed by atoms with E-state index in [9.17, 15) is 0 Å². The predicted molar refractivity (Wildman–Crippen MR) is 120 cm³/mol. The standard InChI is InChI=1S/C18H33N5S.HI/c1-13-7-6-10-23(12-13)14(2)11-21-18(19-5)20-9-8-17-22-15(3)16(4)24-17;/h13-14H,6-12H2,1-5H3,(H2,19,20,21);1H. The molecule has 144 valence electrons. The van der Waals surface area contributed by atoms with Gasteiger partial charge in [0.1, 0.15) is 0 Å². The van der Waals surface area contributed by atoms with Gasteiger partial charge < -0.3 is 10.6 Å². The van der Waals surface area contributed by atoms with Crippen LogP contribution in [-0.2, 0) is 6.42 Å². The Labute approximate surface area is 174 Å². The van der Waals surface area contributed by atoms with Crippen LogP contribution in [0.5, 0.6) is 0 Å². The third kappa shape index (κ3) is 7.38. The summed E-state index contributed by atoms with van der Waals surface area (Å²) in [6.07, 6.45) is 3.64. The van der Waals surface area contributed by atoms with E-state index in [1.807, 2.05) is 7.05 Å². The Kier molecular flexibility index (Phi) is 10.3. The Balaban J connectivity index is 0.00000312. The molecule has 0 aliphatic carbocycles. The van der Waals surface area contributed by atoms with Crippen molar-refractivity contribution >= 4 is 41.3 Å². The predicted octanol–water partition coefficient (Wildman–Crippen LogP) is 3.21. The molecule has 0 bridgehead atoms. The first-order chi connectivity index (χ1) is 11.5. The number of thiazole rings is 1. The number of aliphatic imine (C=N–C) groups is 1. The summed E-state index contributed by atoms with van der Waals surface area (Å²) in [6, 6.07) is 0.538. The zero-order valence-corrected chi connectivity index (χ0v) is 19.4. The van der Waals surface area contributed by atoms with Gasteiger partial charge in [0.05, 0.1) is 10.7 Å². The molecule has 1 saturated heterocycles. The fourth-order valence-electron chi connectivity index (χ4n) is 3.15. The van der Waals surface area contributed by atoms with Gasteiger partial charge in [-0.25, -0.2) is 4.98 Å². The number of nitrogens with one attached hydrogen (secondary N) is 2. The van der Waals surface area contributed by atoms with Gasteiger partial charge in [-0.2, -0.15) is 0 Å². The molecule has 1 aromatic heterocycles. The number of nitrogens with zero attached hydrogens (tertiary/aromatic N) is 3. The quantitative estimate of drug-likeness (QED) is 0.374. The Morgan fingerprint density at radius 3 is 2.76 bits per heavy atom. The number of aryl methyl sites for hydroxylation is 2. The monoisotopic (exact) mass is 479 g/mol. The van der Waals surface area contributed by atoms with Crippen LogP contribution >= 0.6 is 35.3 Å². The molecule has 0 spiro atoms. The molecule has 0 aromatic carbocycles. The Morgan fingerprint density at radius 1 is 1.40 bits per heavy atom. The van der Waals surface area contributed by atoms with Crippen molar-refractivity contribution in [3.8, 4) is 0 Å². The highest BCUT2D eigenvalue weighted by Crippen LogP contribution is 2.17. The van der Waals surface area contributed by atoms with Gasteiger partial charge >= 0.3 is 0 Å². The van der Waals surface area contributed by atoms with Crippen LogP contribution in [-0.4, -0.2) is 55.1 Å². The minimum absolute atomic E-state index is 0.